The van der Waals surface area contributed by atoms with Crippen molar-refractivity contribution in [1.82, 2.24) is 0 Å². The summed E-state index contributed by atoms with van der Waals surface area (Å²) in [5.41, 5.74) is 0. The first-order valence-corrected chi connectivity index (χ1v) is 6.73. The molecule has 0 spiro atoms. The molecule has 96 valence electrons. The second-order valence-corrected chi connectivity index (χ2v) is 4.22. The van der Waals surface area contributed by atoms with Crippen molar-refractivity contribution in [2.75, 3.05) is 0 Å². The third-order valence-corrected chi connectivity index (χ3v) is 0. The molecular weight excluding hydrogens is 463 g/mol. The van der Waals surface area contributed by atoms with E-state index in [0.717, 1.165) is 0 Å². The van der Waals surface area contributed by atoms with E-state index in [4.69, 9.17) is 57.7 Å². The summed E-state index contributed by atoms with van der Waals surface area (Å²) in [6, 6.07) is 0. The average molecular weight is 466 g/mol. The fourth-order valence-corrected chi connectivity index (χ4v) is 0. The van der Waals surface area contributed by atoms with E-state index < -0.39 is 23.5 Å². The van der Waals surface area contributed by atoms with Crippen LogP contribution in [0.3, 0.4) is 0 Å². The Morgan fingerprint density at radius 1 is 0.529 bits per heavy atom. The fourth-order valence-electron chi connectivity index (χ4n) is 0. The Bertz CT molecular complexity index is 206. The molecule has 17 heteroatoms. The molecule has 0 heterocycles. The van der Waals surface area contributed by atoms with E-state index in [0.29, 0.717) is 0 Å². The number of hydrogen-bond donors (Lipinski definition) is 3. The van der Waals surface area contributed by atoms with Gasteiger partial charge in [-0.1, -0.05) is 0 Å². The molecule has 0 saturated carbocycles. The standard InChI is InChI=1S/3H3O4P.2Y/c3*1-5(2,3)4;;/h3*(H3,1,2,3,4);;/q;;;2*+3/p-6. The fraction of sp³-hybridized carbons (Fsp3) is 0. The van der Waals surface area contributed by atoms with Crippen molar-refractivity contribution in [2.24, 2.45) is 0 Å². The van der Waals surface area contributed by atoms with Crippen LogP contribution in [0.2, 0.25) is 0 Å². The van der Waals surface area contributed by atoms with E-state index in [1.54, 1.807) is 0 Å². The second kappa shape index (κ2) is 13.5. The van der Waals surface area contributed by atoms with Crippen LogP contribution in [0.15, 0.2) is 0 Å². The summed E-state index contributed by atoms with van der Waals surface area (Å²) < 4.78 is 26.0. The zero-order valence-electron chi connectivity index (χ0n) is 7.51. The molecule has 0 aromatic carbocycles. The molecule has 3 N–H and O–H groups in total. The molecule has 0 rings (SSSR count). The summed E-state index contributed by atoms with van der Waals surface area (Å²) in [5.74, 6) is 0. The van der Waals surface area contributed by atoms with Crippen LogP contribution < -0.4 is 29.4 Å². The Hall–Kier alpha value is 2.54. The van der Waals surface area contributed by atoms with E-state index in [1.807, 2.05) is 0 Å². The molecule has 12 nitrogen and oxygen atoms in total. The maximum Gasteiger partial charge on any atom is 3.00 e. The molecular formula is H3O12P3Y2. The molecule has 0 aromatic heterocycles. The Labute approximate surface area is 145 Å². The third kappa shape index (κ3) is 787. The van der Waals surface area contributed by atoms with Crippen LogP contribution in [0.4, 0.5) is 0 Å². The number of phosphoric acid groups is 3. The van der Waals surface area contributed by atoms with Crippen molar-refractivity contribution in [2.45, 2.75) is 0 Å². The van der Waals surface area contributed by atoms with Gasteiger partial charge in [0.1, 0.15) is 0 Å². The Morgan fingerprint density at radius 2 is 0.529 bits per heavy atom. The van der Waals surface area contributed by atoms with Crippen molar-refractivity contribution < 1.29 is 123 Å². The van der Waals surface area contributed by atoms with Gasteiger partial charge in [-0.3, -0.25) is 0 Å². The van der Waals surface area contributed by atoms with Crippen LogP contribution in [0.5, 0.6) is 0 Å². The van der Waals surface area contributed by atoms with Crippen LogP contribution in [0, 0.1) is 0 Å². The molecule has 0 saturated heterocycles. The van der Waals surface area contributed by atoms with Gasteiger partial charge in [0.25, 0.3) is 0 Å². The monoisotopic (exact) mass is 466 g/mol. The van der Waals surface area contributed by atoms with Gasteiger partial charge in [0, 0.05) is 0 Å². The second-order valence-electron chi connectivity index (χ2n) is 1.41. The van der Waals surface area contributed by atoms with E-state index in [2.05, 4.69) is 0 Å². The first kappa shape index (κ1) is 31.8. The Kier molecular flexibility index (Phi) is 25.3. The SMILES string of the molecule is O=P([O-])([O-])O.O=P([O-])([O-])O.O=P([O-])([O-])O.[Y+3].[Y+3]. The van der Waals surface area contributed by atoms with Gasteiger partial charge in [0.15, 0.2) is 0 Å². The van der Waals surface area contributed by atoms with Crippen molar-refractivity contribution in [1.29, 1.82) is 0 Å². The van der Waals surface area contributed by atoms with Crippen molar-refractivity contribution in [3.8, 4) is 0 Å². The molecule has 0 unspecified atom stereocenters. The average Bonchev–Trinajstić information content (AvgIpc) is 1.41. The van der Waals surface area contributed by atoms with E-state index in [1.165, 1.54) is 0 Å². The van der Waals surface area contributed by atoms with Crippen molar-refractivity contribution in [3.05, 3.63) is 0 Å². The van der Waals surface area contributed by atoms with Gasteiger partial charge in [0.05, 0.1) is 23.5 Å². The molecule has 0 atom stereocenters. The molecule has 17 heavy (non-hydrogen) atoms. The number of rotatable bonds is 0. The Morgan fingerprint density at radius 3 is 0.529 bits per heavy atom. The van der Waals surface area contributed by atoms with E-state index in [-0.39, 0.29) is 65.4 Å². The maximum atomic E-state index is 8.66. The van der Waals surface area contributed by atoms with Crippen LogP contribution in [0.25, 0.3) is 0 Å². The van der Waals surface area contributed by atoms with Gasteiger partial charge < -0.3 is 57.7 Å². The third-order valence-electron chi connectivity index (χ3n) is 0. The zero-order chi connectivity index (χ0) is 13.5. The van der Waals surface area contributed by atoms with Crippen molar-refractivity contribution >= 4 is 23.5 Å². The normalized spacial score (nSPS) is 10.4. The van der Waals surface area contributed by atoms with Gasteiger partial charge in [-0.2, -0.15) is 0 Å². The first-order valence-electron chi connectivity index (χ1n) is 2.24. The van der Waals surface area contributed by atoms with Gasteiger partial charge in [0.2, 0.25) is 0 Å². The van der Waals surface area contributed by atoms with Crippen LogP contribution in [0.1, 0.15) is 0 Å². The van der Waals surface area contributed by atoms with Crippen LogP contribution in [-0.4, -0.2) is 14.7 Å². The zero-order valence-corrected chi connectivity index (χ0v) is 15.9. The molecule has 0 radical (unpaired) electrons. The molecule has 0 aromatic rings. The minimum Gasteiger partial charge on any atom is -0.790 e. The van der Waals surface area contributed by atoms with Gasteiger partial charge in [-0.05, 0) is 0 Å². The topological polar surface area (TPSA) is 250 Å². The van der Waals surface area contributed by atoms with Gasteiger partial charge in [-0.25, -0.2) is 0 Å². The van der Waals surface area contributed by atoms with Crippen LogP contribution in [-0.2, 0) is 79.1 Å². The maximum absolute atomic E-state index is 8.66. The summed E-state index contributed by atoms with van der Waals surface area (Å²) in [6.07, 6.45) is 0. The molecule has 0 fully saturated rings. The van der Waals surface area contributed by atoms with Crippen LogP contribution >= 0.6 is 23.5 Å². The summed E-state index contributed by atoms with van der Waals surface area (Å²) in [6.45, 7) is 0. The quantitative estimate of drug-likeness (QED) is 0.282. The predicted octanol–water partition coefficient (Wildman–Crippen LogP) is -6.58. The summed E-state index contributed by atoms with van der Waals surface area (Å²) in [4.78, 5) is 72.9. The molecule has 0 bridgehead atoms. The van der Waals surface area contributed by atoms with E-state index in [9.17, 15) is 0 Å². The van der Waals surface area contributed by atoms with Gasteiger partial charge >= 0.3 is 65.4 Å². The minimum absolute atomic E-state index is 0. The van der Waals surface area contributed by atoms with Crippen molar-refractivity contribution in [3.63, 3.8) is 0 Å². The summed E-state index contributed by atoms with van der Waals surface area (Å²) >= 11 is 0. The summed E-state index contributed by atoms with van der Waals surface area (Å²) in [7, 11) is -15.4. The first-order chi connectivity index (χ1) is 6.00. The molecule has 0 aliphatic heterocycles. The molecule has 0 amide bonds. The molecule has 0 aliphatic rings. The number of hydrogen-bond acceptors (Lipinski definition) is 9. The minimum atomic E-state index is -5.14. The molecule has 0 aliphatic carbocycles. The summed E-state index contributed by atoms with van der Waals surface area (Å²) in [5, 5.41) is 0. The predicted molar refractivity (Wildman–Crippen MR) is 29.5 cm³/mol. The Balaban J connectivity index is -0.0000000400. The van der Waals surface area contributed by atoms with Gasteiger partial charge in [-0.15, -0.1) is 0 Å². The smallest absolute Gasteiger partial charge is 0.790 e. The largest absolute Gasteiger partial charge is 3.00 e. The van der Waals surface area contributed by atoms with E-state index >= 15 is 0 Å².